The van der Waals surface area contributed by atoms with E-state index in [1.165, 1.54) is 0 Å². The van der Waals surface area contributed by atoms with Gasteiger partial charge in [0.05, 0.1) is 0 Å². The minimum absolute atomic E-state index is 0.0106. The van der Waals surface area contributed by atoms with Gasteiger partial charge in [0.25, 0.3) is 0 Å². The Labute approximate surface area is 82.5 Å². The van der Waals surface area contributed by atoms with E-state index in [4.69, 9.17) is 5.11 Å². The van der Waals surface area contributed by atoms with Crippen molar-refractivity contribution in [3.63, 3.8) is 0 Å². The molecule has 2 nitrogen and oxygen atoms in total. The molecule has 0 saturated heterocycles. The Bertz CT molecular complexity index is 161. The molecule has 0 heterocycles. The van der Waals surface area contributed by atoms with Crippen molar-refractivity contribution in [2.75, 3.05) is 13.7 Å². The van der Waals surface area contributed by atoms with Gasteiger partial charge in [-0.15, -0.1) is 0 Å². The molecule has 0 bridgehead atoms. The van der Waals surface area contributed by atoms with E-state index in [-0.39, 0.29) is 18.6 Å². The van der Waals surface area contributed by atoms with Gasteiger partial charge < -0.3 is 10.4 Å². The fraction of sp³-hybridized carbons (Fsp3) is 1.00. The molecule has 1 unspecified atom stereocenters. The molecule has 0 spiro atoms. The van der Waals surface area contributed by atoms with Crippen LogP contribution in [-0.4, -0.2) is 30.5 Å². The van der Waals surface area contributed by atoms with Crippen molar-refractivity contribution in [1.82, 2.24) is 5.32 Å². The van der Waals surface area contributed by atoms with Crippen LogP contribution < -0.4 is 5.32 Å². The van der Waals surface area contributed by atoms with Crippen LogP contribution in [0.4, 0.5) is 13.2 Å². The molecule has 0 rings (SSSR count). The zero-order chi connectivity index (χ0) is 11.2. The highest BCUT2D eigenvalue weighted by Gasteiger charge is 2.29. The van der Waals surface area contributed by atoms with Crippen molar-refractivity contribution in [1.29, 1.82) is 0 Å². The Morgan fingerprint density at radius 2 is 1.71 bits per heavy atom. The van der Waals surface area contributed by atoms with Crippen molar-refractivity contribution >= 4 is 0 Å². The van der Waals surface area contributed by atoms with Gasteiger partial charge in [0, 0.05) is 18.6 Å². The van der Waals surface area contributed by atoms with E-state index >= 15 is 0 Å². The van der Waals surface area contributed by atoms with Gasteiger partial charge in [0.1, 0.15) is 0 Å². The maximum atomic E-state index is 11.9. The Kier molecular flexibility index (Phi) is 5.44. The van der Waals surface area contributed by atoms with E-state index in [2.05, 4.69) is 5.32 Å². The highest BCUT2D eigenvalue weighted by atomic mass is 19.4. The van der Waals surface area contributed by atoms with E-state index in [9.17, 15) is 13.2 Å². The fourth-order valence-electron chi connectivity index (χ4n) is 1.30. The molecule has 2 N–H and O–H groups in total. The second-order valence-corrected chi connectivity index (χ2v) is 3.75. The highest BCUT2D eigenvalue weighted by molar-refractivity contribution is 4.81. The second-order valence-electron chi connectivity index (χ2n) is 3.75. The number of halogens is 3. The van der Waals surface area contributed by atoms with E-state index in [1.54, 1.807) is 7.05 Å². The molecule has 86 valence electrons. The van der Waals surface area contributed by atoms with Gasteiger partial charge in [-0.3, -0.25) is 0 Å². The number of hydrogen-bond acceptors (Lipinski definition) is 2. The lowest BCUT2D eigenvalue weighted by Gasteiger charge is -2.28. The van der Waals surface area contributed by atoms with E-state index in [0.29, 0.717) is 12.8 Å². The summed E-state index contributed by atoms with van der Waals surface area (Å²) in [6.45, 7) is 1.81. The maximum absolute atomic E-state index is 11.9. The molecule has 0 aliphatic rings. The monoisotopic (exact) mass is 213 g/mol. The lowest BCUT2D eigenvalue weighted by molar-refractivity contribution is -0.136. The summed E-state index contributed by atoms with van der Waals surface area (Å²) in [6, 6.07) is 0. The van der Waals surface area contributed by atoms with Gasteiger partial charge in [-0.1, -0.05) is 0 Å². The molecule has 0 saturated carbocycles. The van der Waals surface area contributed by atoms with Crippen LogP contribution in [-0.2, 0) is 0 Å². The molecular weight excluding hydrogens is 195 g/mol. The van der Waals surface area contributed by atoms with Gasteiger partial charge in [-0.2, -0.15) is 13.2 Å². The molecule has 0 aliphatic carbocycles. The van der Waals surface area contributed by atoms with Crippen LogP contribution >= 0.6 is 0 Å². The molecule has 0 radical (unpaired) electrons. The zero-order valence-corrected chi connectivity index (χ0v) is 8.62. The molecule has 0 aromatic heterocycles. The first-order chi connectivity index (χ1) is 6.33. The topological polar surface area (TPSA) is 32.3 Å². The van der Waals surface area contributed by atoms with Crippen molar-refractivity contribution in [2.45, 2.75) is 44.3 Å². The number of alkyl halides is 3. The highest BCUT2D eigenvalue weighted by Crippen LogP contribution is 2.25. The Hall–Kier alpha value is -0.290. The van der Waals surface area contributed by atoms with Crippen LogP contribution in [0.15, 0.2) is 0 Å². The molecule has 0 amide bonds. The predicted molar refractivity (Wildman–Crippen MR) is 49.1 cm³/mol. The van der Waals surface area contributed by atoms with Crippen molar-refractivity contribution in [3.05, 3.63) is 0 Å². The molecule has 0 aromatic rings. The van der Waals surface area contributed by atoms with Crippen LogP contribution in [0.2, 0.25) is 0 Å². The third-order valence-electron chi connectivity index (χ3n) is 2.46. The number of nitrogens with one attached hydrogen (secondary N) is 1. The average Bonchev–Trinajstić information content (AvgIpc) is 2.02. The largest absolute Gasteiger partial charge is 0.396 e. The van der Waals surface area contributed by atoms with Crippen molar-refractivity contribution in [2.24, 2.45) is 0 Å². The van der Waals surface area contributed by atoms with Crippen molar-refractivity contribution in [3.8, 4) is 0 Å². The molecular formula is C9H18F3NO. The summed E-state index contributed by atoms with van der Waals surface area (Å²) in [6.07, 6.45) is -3.84. The fourth-order valence-corrected chi connectivity index (χ4v) is 1.30. The van der Waals surface area contributed by atoms with Crippen molar-refractivity contribution < 1.29 is 18.3 Å². The van der Waals surface area contributed by atoms with Gasteiger partial charge in [0.15, 0.2) is 0 Å². The Morgan fingerprint density at radius 1 is 1.14 bits per heavy atom. The maximum Gasteiger partial charge on any atom is 0.389 e. The Morgan fingerprint density at radius 3 is 2.07 bits per heavy atom. The van der Waals surface area contributed by atoms with Crippen LogP contribution in [0.25, 0.3) is 0 Å². The molecule has 0 fully saturated rings. The average molecular weight is 213 g/mol. The summed E-state index contributed by atoms with van der Waals surface area (Å²) in [5, 5.41) is 11.7. The summed E-state index contributed by atoms with van der Waals surface area (Å²) >= 11 is 0. The first-order valence-electron chi connectivity index (χ1n) is 4.69. The first kappa shape index (κ1) is 13.7. The van der Waals surface area contributed by atoms with Crippen LogP contribution in [0, 0.1) is 0 Å². The predicted octanol–water partition coefficient (Wildman–Crippen LogP) is 2.08. The number of aliphatic hydroxyl groups excluding tert-OH is 1. The van der Waals surface area contributed by atoms with Gasteiger partial charge in [-0.05, 0) is 33.2 Å². The lowest BCUT2D eigenvalue weighted by Crippen LogP contribution is -2.40. The summed E-state index contributed by atoms with van der Waals surface area (Å²) in [4.78, 5) is 0. The zero-order valence-electron chi connectivity index (χ0n) is 8.62. The van der Waals surface area contributed by atoms with Crippen LogP contribution in [0.1, 0.15) is 32.6 Å². The summed E-state index contributed by atoms with van der Waals surface area (Å²) < 4.78 is 35.6. The third-order valence-corrected chi connectivity index (χ3v) is 2.46. The molecule has 1 atom stereocenters. The smallest absolute Gasteiger partial charge is 0.389 e. The normalized spacial score (nSPS) is 16.7. The standard InChI is InChI=1S/C9H18F3NO/c1-8(13-2,6-7-14)4-3-5-9(10,11)12/h13-14H,3-7H2,1-2H3. The van der Waals surface area contributed by atoms with E-state index < -0.39 is 12.6 Å². The second kappa shape index (κ2) is 5.56. The van der Waals surface area contributed by atoms with Gasteiger partial charge >= 0.3 is 6.18 Å². The molecule has 14 heavy (non-hydrogen) atoms. The minimum Gasteiger partial charge on any atom is -0.396 e. The SMILES string of the molecule is CNC(C)(CCO)CCCC(F)(F)F. The van der Waals surface area contributed by atoms with E-state index in [1.807, 2.05) is 6.92 Å². The minimum atomic E-state index is -4.08. The summed E-state index contributed by atoms with van der Waals surface area (Å²) in [5.41, 5.74) is -0.389. The Balaban J connectivity index is 3.84. The summed E-state index contributed by atoms with van der Waals surface area (Å²) in [7, 11) is 1.70. The molecule has 0 aromatic carbocycles. The quantitative estimate of drug-likeness (QED) is 0.708. The lowest BCUT2D eigenvalue weighted by atomic mass is 9.91. The first-order valence-corrected chi connectivity index (χ1v) is 4.69. The van der Waals surface area contributed by atoms with Gasteiger partial charge in [-0.25, -0.2) is 0 Å². The molecule has 5 heteroatoms. The molecule has 0 aliphatic heterocycles. The van der Waals surface area contributed by atoms with Gasteiger partial charge in [0.2, 0.25) is 0 Å². The number of rotatable bonds is 6. The van der Waals surface area contributed by atoms with Crippen LogP contribution in [0.5, 0.6) is 0 Å². The number of aliphatic hydroxyl groups is 1. The summed E-state index contributed by atoms with van der Waals surface area (Å²) in [5.74, 6) is 0. The van der Waals surface area contributed by atoms with E-state index in [0.717, 1.165) is 0 Å². The number of hydrogen-bond donors (Lipinski definition) is 2. The third kappa shape index (κ3) is 6.21. The van der Waals surface area contributed by atoms with Crippen LogP contribution in [0.3, 0.4) is 0 Å².